The lowest BCUT2D eigenvalue weighted by Gasteiger charge is -2.19. The van der Waals surface area contributed by atoms with Crippen LogP contribution in [0.15, 0.2) is 12.1 Å². The van der Waals surface area contributed by atoms with Gasteiger partial charge in [0.2, 0.25) is 0 Å². The van der Waals surface area contributed by atoms with E-state index < -0.39 is 0 Å². The zero-order valence-electron chi connectivity index (χ0n) is 11.0. The van der Waals surface area contributed by atoms with Crippen molar-refractivity contribution in [2.24, 2.45) is 0 Å². The van der Waals surface area contributed by atoms with Gasteiger partial charge in [0.15, 0.2) is 0 Å². The highest BCUT2D eigenvalue weighted by Crippen LogP contribution is 2.42. The van der Waals surface area contributed by atoms with Gasteiger partial charge < -0.3 is 9.57 Å². The molecule has 0 aromatic heterocycles. The van der Waals surface area contributed by atoms with Crippen molar-refractivity contribution in [1.82, 2.24) is 5.48 Å². The van der Waals surface area contributed by atoms with Crippen molar-refractivity contribution in [1.29, 1.82) is 0 Å². The Balaban J connectivity index is 2.39. The van der Waals surface area contributed by atoms with Crippen molar-refractivity contribution in [2.45, 2.75) is 45.8 Å². The van der Waals surface area contributed by atoms with Gasteiger partial charge in [0.25, 0.3) is 0 Å². The molecule has 1 heterocycles. The first-order chi connectivity index (χ1) is 8.19. The van der Waals surface area contributed by atoms with Gasteiger partial charge in [-0.2, -0.15) is 5.48 Å². The van der Waals surface area contributed by atoms with Crippen molar-refractivity contribution in [2.75, 3.05) is 7.11 Å². The van der Waals surface area contributed by atoms with Crippen LogP contribution in [0, 0.1) is 13.8 Å². The lowest BCUT2D eigenvalue weighted by atomic mass is 9.96. The summed E-state index contributed by atoms with van der Waals surface area (Å²) in [5.74, 6) is 1.04. The number of rotatable bonds is 4. The fourth-order valence-electron chi connectivity index (χ4n) is 2.53. The van der Waals surface area contributed by atoms with Crippen LogP contribution in [0.4, 0.5) is 0 Å². The number of fused-ring (bicyclic) bond motifs is 1. The third kappa shape index (κ3) is 2.17. The summed E-state index contributed by atoms with van der Waals surface area (Å²) >= 11 is 0. The minimum Gasteiger partial charge on any atom is -0.488 e. The molecule has 2 rings (SSSR count). The van der Waals surface area contributed by atoms with Crippen LogP contribution in [0.3, 0.4) is 0 Å². The molecule has 1 aromatic carbocycles. The van der Waals surface area contributed by atoms with E-state index in [4.69, 9.17) is 9.57 Å². The molecule has 1 N–H and O–H groups in total. The number of aryl methyl sites for hydroxylation is 2. The normalized spacial score (nSPS) is 22.4. The SMILES string of the molecule is CCCC1Oc2c(C)ccc(C)c2C1NOC. The maximum atomic E-state index is 6.08. The Bertz CT molecular complexity index is 403. The zero-order valence-corrected chi connectivity index (χ0v) is 11.0. The van der Waals surface area contributed by atoms with Crippen LogP contribution in [0.1, 0.15) is 42.5 Å². The molecule has 2 unspecified atom stereocenters. The third-order valence-electron chi connectivity index (χ3n) is 3.38. The first-order valence-electron chi connectivity index (χ1n) is 6.24. The molecule has 1 aliphatic rings. The number of benzene rings is 1. The maximum Gasteiger partial charge on any atom is 0.128 e. The Hall–Kier alpha value is -1.06. The molecule has 17 heavy (non-hydrogen) atoms. The van der Waals surface area contributed by atoms with Crippen LogP contribution in [-0.4, -0.2) is 13.2 Å². The zero-order chi connectivity index (χ0) is 12.4. The largest absolute Gasteiger partial charge is 0.488 e. The van der Waals surface area contributed by atoms with E-state index >= 15 is 0 Å². The highest BCUT2D eigenvalue weighted by atomic mass is 16.6. The molecule has 94 valence electrons. The molecule has 0 saturated carbocycles. The van der Waals surface area contributed by atoms with Crippen LogP contribution < -0.4 is 10.2 Å². The van der Waals surface area contributed by atoms with Crippen molar-refractivity contribution in [3.05, 3.63) is 28.8 Å². The number of hydroxylamine groups is 1. The van der Waals surface area contributed by atoms with E-state index in [0.717, 1.165) is 18.6 Å². The minimum atomic E-state index is 0.148. The van der Waals surface area contributed by atoms with Gasteiger partial charge in [-0.05, 0) is 31.4 Å². The molecular formula is C14H21NO2. The third-order valence-corrected chi connectivity index (χ3v) is 3.38. The second kappa shape index (κ2) is 5.07. The summed E-state index contributed by atoms with van der Waals surface area (Å²) in [5, 5.41) is 0. The highest BCUT2D eigenvalue weighted by Gasteiger charge is 2.35. The van der Waals surface area contributed by atoms with E-state index in [0.29, 0.717) is 0 Å². The first-order valence-corrected chi connectivity index (χ1v) is 6.24. The van der Waals surface area contributed by atoms with Gasteiger partial charge in [0, 0.05) is 5.56 Å². The van der Waals surface area contributed by atoms with E-state index in [-0.39, 0.29) is 12.1 Å². The molecule has 3 nitrogen and oxygen atoms in total. The number of ether oxygens (including phenoxy) is 1. The van der Waals surface area contributed by atoms with Gasteiger partial charge in [0.1, 0.15) is 11.9 Å². The Morgan fingerprint density at radius 3 is 2.65 bits per heavy atom. The number of hydrogen-bond donors (Lipinski definition) is 1. The molecule has 0 fully saturated rings. The Labute approximate surface area is 103 Å². The van der Waals surface area contributed by atoms with Gasteiger partial charge in [-0.1, -0.05) is 25.5 Å². The summed E-state index contributed by atoms with van der Waals surface area (Å²) in [6.45, 7) is 6.40. The van der Waals surface area contributed by atoms with Gasteiger partial charge in [-0.15, -0.1) is 0 Å². The van der Waals surface area contributed by atoms with E-state index in [9.17, 15) is 0 Å². The van der Waals surface area contributed by atoms with E-state index in [1.807, 2.05) is 0 Å². The monoisotopic (exact) mass is 235 g/mol. The fraction of sp³-hybridized carbons (Fsp3) is 0.571. The molecule has 1 aliphatic heterocycles. The molecule has 0 spiro atoms. The van der Waals surface area contributed by atoms with E-state index in [1.165, 1.54) is 16.7 Å². The molecule has 0 bridgehead atoms. The average molecular weight is 235 g/mol. The van der Waals surface area contributed by atoms with Crippen LogP contribution in [0.2, 0.25) is 0 Å². The van der Waals surface area contributed by atoms with Crippen LogP contribution >= 0.6 is 0 Å². The Kier molecular flexibility index (Phi) is 3.69. The van der Waals surface area contributed by atoms with E-state index in [2.05, 4.69) is 38.4 Å². The van der Waals surface area contributed by atoms with Gasteiger partial charge in [-0.3, -0.25) is 0 Å². The molecule has 1 aromatic rings. The quantitative estimate of drug-likeness (QED) is 0.814. The van der Waals surface area contributed by atoms with Crippen molar-refractivity contribution in [3.63, 3.8) is 0 Å². The molecule has 0 aliphatic carbocycles. The molecule has 0 saturated heterocycles. The molecule has 0 amide bonds. The van der Waals surface area contributed by atoms with Gasteiger partial charge in [-0.25, -0.2) is 0 Å². The molecule has 0 radical (unpaired) electrons. The van der Waals surface area contributed by atoms with Gasteiger partial charge in [0.05, 0.1) is 13.2 Å². The van der Waals surface area contributed by atoms with Crippen molar-refractivity contribution >= 4 is 0 Å². The Morgan fingerprint density at radius 2 is 2.00 bits per heavy atom. The number of nitrogens with one attached hydrogen (secondary N) is 1. The van der Waals surface area contributed by atoms with Crippen molar-refractivity contribution < 1.29 is 9.57 Å². The second-order valence-corrected chi connectivity index (χ2v) is 4.69. The lowest BCUT2D eigenvalue weighted by molar-refractivity contribution is 0.0267. The summed E-state index contributed by atoms with van der Waals surface area (Å²) in [7, 11) is 1.66. The number of hydrogen-bond acceptors (Lipinski definition) is 3. The molecule has 3 heteroatoms. The Morgan fingerprint density at radius 1 is 1.29 bits per heavy atom. The summed E-state index contributed by atoms with van der Waals surface area (Å²) in [5.41, 5.74) is 6.80. The van der Waals surface area contributed by atoms with E-state index in [1.54, 1.807) is 7.11 Å². The summed E-state index contributed by atoms with van der Waals surface area (Å²) < 4.78 is 6.08. The second-order valence-electron chi connectivity index (χ2n) is 4.69. The van der Waals surface area contributed by atoms with Crippen molar-refractivity contribution in [3.8, 4) is 5.75 Å². The maximum absolute atomic E-state index is 6.08. The van der Waals surface area contributed by atoms with Crippen LogP contribution in [0.5, 0.6) is 5.75 Å². The molecular weight excluding hydrogens is 214 g/mol. The summed E-state index contributed by atoms with van der Waals surface area (Å²) in [6.07, 6.45) is 2.32. The summed E-state index contributed by atoms with van der Waals surface area (Å²) in [6, 6.07) is 4.41. The predicted molar refractivity (Wildman–Crippen MR) is 68.1 cm³/mol. The average Bonchev–Trinajstić information content (AvgIpc) is 2.66. The minimum absolute atomic E-state index is 0.148. The standard InChI is InChI=1S/C14H21NO2/c1-5-6-11-13(15-16-4)12-9(2)7-8-10(3)14(12)17-11/h7-8,11,13,15H,5-6H2,1-4H3. The highest BCUT2D eigenvalue weighted by molar-refractivity contribution is 5.50. The summed E-state index contributed by atoms with van der Waals surface area (Å²) in [4.78, 5) is 5.12. The van der Waals surface area contributed by atoms with Gasteiger partial charge >= 0.3 is 0 Å². The fourth-order valence-corrected chi connectivity index (χ4v) is 2.53. The van der Waals surface area contributed by atoms with Crippen LogP contribution in [0.25, 0.3) is 0 Å². The smallest absolute Gasteiger partial charge is 0.128 e. The topological polar surface area (TPSA) is 30.5 Å². The van der Waals surface area contributed by atoms with Crippen LogP contribution in [-0.2, 0) is 4.84 Å². The predicted octanol–water partition coefficient (Wildman–Crippen LogP) is 3.06. The molecule has 2 atom stereocenters. The first kappa shape index (κ1) is 12.4. The lowest BCUT2D eigenvalue weighted by Crippen LogP contribution is -2.30.